The van der Waals surface area contributed by atoms with Crippen LogP contribution in [0.1, 0.15) is 285 Å². The summed E-state index contributed by atoms with van der Waals surface area (Å²) in [5, 5.41) is 10.6. The van der Waals surface area contributed by atoms with Crippen molar-refractivity contribution in [1.82, 2.24) is 0 Å². The van der Waals surface area contributed by atoms with Crippen LogP contribution >= 0.6 is 15.6 Å². The van der Waals surface area contributed by atoms with Crippen molar-refractivity contribution in [2.75, 3.05) is 39.6 Å². The molecule has 17 nitrogen and oxygen atoms in total. The Balaban J connectivity index is 5.40. The number of esters is 4. The van der Waals surface area contributed by atoms with Gasteiger partial charge in [0.25, 0.3) is 0 Å². The molecule has 0 saturated carbocycles. The lowest BCUT2D eigenvalue weighted by atomic mass is 10.1. The first-order chi connectivity index (χ1) is 48.7. The van der Waals surface area contributed by atoms with E-state index >= 15 is 0 Å². The summed E-state index contributed by atoms with van der Waals surface area (Å²) in [5.74, 6) is -2.27. The van der Waals surface area contributed by atoms with Crippen molar-refractivity contribution >= 4 is 39.5 Å². The summed E-state index contributed by atoms with van der Waals surface area (Å²) in [4.78, 5) is 72.9. The average molecular weight is 1440 g/mol. The van der Waals surface area contributed by atoms with Crippen molar-refractivity contribution in [2.24, 2.45) is 0 Å². The number of carbonyl (C=O) groups excluding carboxylic acids is 4. The van der Waals surface area contributed by atoms with Crippen LogP contribution in [-0.2, 0) is 65.4 Å². The number of carbonyl (C=O) groups is 4. The first kappa shape index (κ1) is 94.9. The van der Waals surface area contributed by atoms with Gasteiger partial charge >= 0.3 is 39.5 Å². The van der Waals surface area contributed by atoms with E-state index in [2.05, 4.69) is 174 Å². The molecule has 0 saturated heterocycles. The van der Waals surface area contributed by atoms with Crippen LogP contribution in [0.5, 0.6) is 0 Å². The maximum Gasteiger partial charge on any atom is 0.472 e. The number of phosphoric ester groups is 2. The number of allylic oxidation sites excluding steroid dienone is 24. The van der Waals surface area contributed by atoms with Gasteiger partial charge in [0.1, 0.15) is 19.3 Å². The van der Waals surface area contributed by atoms with E-state index in [0.717, 1.165) is 205 Å². The number of aliphatic hydroxyl groups is 1. The molecule has 0 amide bonds. The van der Waals surface area contributed by atoms with Crippen LogP contribution in [0.4, 0.5) is 0 Å². The zero-order valence-corrected chi connectivity index (χ0v) is 63.9. The molecule has 0 spiro atoms. The highest BCUT2D eigenvalue weighted by atomic mass is 31.2. The summed E-state index contributed by atoms with van der Waals surface area (Å²) in [7, 11) is -9.98. The SMILES string of the molecule is CC/C=C\C/C=C\C/C=C\C/C=C\CCCCCCC(=O)OCC(COP(=O)(O)OCC(O)COP(=O)(O)OCC(COC(=O)CCCCCC/C=C\C/C=C\C/C=C\C/C=C\CC)OC(=O)CCCCCCC/C=C\C/C=C\CCC)OC(=O)CCCCCCC/C=C\C/C=C\CCC. The molecule has 0 rings (SSSR count). The number of hydrogen-bond acceptors (Lipinski definition) is 15. The van der Waals surface area contributed by atoms with Crippen LogP contribution < -0.4 is 0 Å². The van der Waals surface area contributed by atoms with Gasteiger partial charge in [0.15, 0.2) is 12.2 Å². The zero-order valence-electron chi connectivity index (χ0n) is 62.1. The summed E-state index contributed by atoms with van der Waals surface area (Å²) < 4.78 is 68.4. The highest BCUT2D eigenvalue weighted by Gasteiger charge is 2.30. The lowest BCUT2D eigenvalue weighted by molar-refractivity contribution is -0.161. The molecule has 0 aliphatic rings. The quantitative estimate of drug-likeness (QED) is 0.0169. The molecule has 100 heavy (non-hydrogen) atoms. The first-order valence-corrected chi connectivity index (χ1v) is 41.1. The Morgan fingerprint density at radius 3 is 0.800 bits per heavy atom. The lowest BCUT2D eigenvalue weighted by Crippen LogP contribution is -2.30. The Bertz CT molecular complexity index is 2300. The molecular formula is C81H134O17P2. The van der Waals surface area contributed by atoms with Crippen molar-refractivity contribution in [3.05, 3.63) is 146 Å². The Hall–Kier alpha value is -5.06. The van der Waals surface area contributed by atoms with Gasteiger partial charge in [-0.05, 0) is 154 Å². The molecule has 570 valence electrons. The molecule has 0 aromatic heterocycles. The molecule has 3 N–H and O–H groups in total. The van der Waals surface area contributed by atoms with Crippen LogP contribution in [0, 0.1) is 0 Å². The maximum absolute atomic E-state index is 13.1. The Morgan fingerprint density at radius 1 is 0.290 bits per heavy atom. The van der Waals surface area contributed by atoms with Gasteiger partial charge in [0.2, 0.25) is 0 Å². The fraction of sp³-hybridized carbons (Fsp3) is 0.654. The zero-order chi connectivity index (χ0) is 73.2. The van der Waals surface area contributed by atoms with Gasteiger partial charge in [0, 0.05) is 25.7 Å². The molecular weight excluding hydrogens is 1310 g/mol. The van der Waals surface area contributed by atoms with Gasteiger partial charge in [0.05, 0.1) is 26.4 Å². The topological polar surface area (TPSA) is 237 Å². The second-order valence-corrected chi connectivity index (χ2v) is 27.7. The number of ether oxygens (including phenoxy) is 4. The van der Waals surface area contributed by atoms with E-state index in [1.807, 2.05) is 0 Å². The first-order valence-electron chi connectivity index (χ1n) is 38.1. The van der Waals surface area contributed by atoms with Gasteiger partial charge < -0.3 is 33.8 Å². The fourth-order valence-corrected chi connectivity index (χ4v) is 11.1. The minimum atomic E-state index is -4.99. The standard InChI is InChI=1S/C81H134O17P2/c1-5-9-13-17-21-25-29-33-35-37-39-43-45-49-53-57-61-65-78(83)91-71-76(97-80(85)67-63-59-55-51-47-41-31-27-23-19-15-11-7-3)73-95-99(87,88)93-69-75(82)70-94-100(89,90)96-74-77(98-81(86)68-64-60-56-52-48-42-32-28-24-20-16-12-8-4)72-92-79(84)66-62-58-54-50-46-44-40-38-36-34-30-26-22-18-14-10-6-2/h9-10,13-16,19-22,25-28,31-36,39-40,43-44,75-77,82H,5-8,11-12,17-18,23-24,29-30,37-38,41-42,45-74H2,1-4H3,(H,87,88)(H,89,90)/b13-9-,14-10-,19-15-,20-16-,25-21-,26-22-,31-27-,32-28-,35-33-,36-34-,43-39-,44-40-. The van der Waals surface area contributed by atoms with E-state index in [1.54, 1.807) is 0 Å². The van der Waals surface area contributed by atoms with Crippen molar-refractivity contribution in [2.45, 2.75) is 303 Å². The molecule has 0 heterocycles. The van der Waals surface area contributed by atoms with Gasteiger partial charge in [-0.15, -0.1) is 0 Å². The Labute approximate surface area is 605 Å². The molecule has 0 aliphatic heterocycles. The van der Waals surface area contributed by atoms with Gasteiger partial charge in [-0.2, -0.15) is 0 Å². The number of unbranched alkanes of at least 4 members (excludes halogenated alkanes) is 20. The molecule has 0 fully saturated rings. The van der Waals surface area contributed by atoms with E-state index in [1.165, 1.54) is 0 Å². The summed E-state index contributed by atoms with van der Waals surface area (Å²) in [6, 6.07) is 0. The molecule has 19 heteroatoms. The van der Waals surface area contributed by atoms with Crippen LogP contribution in [0.3, 0.4) is 0 Å². The van der Waals surface area contributed by atoms with Crippen molar-refractivity contribution in [3.8, 4) is 0 Å². The van der Waals surface area contributed by atoms with E-state index in [0.29, 0.717) is 25.7 Å². The molecule has 4 atom stereocenters. The van der Waals surface area contributed by atoms with Crippen LogP contribution in [0.15, 0.2) is 146 Å². The van der Waals surface area contributed by atoms with E-state index in [4.69, 9.17) is 37.0 Å². The second-order valence-electron chi connectivity index (χ2n) is 24.8. The van der Waals surface area contributed by atoms with Gasteiger partial charge in [-0.1, -0.05) is 251 Å². The normalized spacial score (nSPS) is 14.8. The molecule has 0 bridgehead atoms. The Morgan fingerprint density at radius 2 is 0.520 bits per heavy atom. The third kappa shape index (κ3) is 71.3. The van der Waals surface area contributed by atoms with E-state index in [9.17, 15) is 43.2 Å². The van der Waals surface area contributed by atoms with Crippen molar-refractivity contribution in [3.63, 3.8) is 0 Å². The van der Waals surface area contributed by atoms with Gasteiger partial charge in [-0.3, -0.25) is 37.3 Å². The molecule has 0 aromatic rings. The fourth-order valence-electron chi connectivity index (χ4n) is 9.51. The summed E-state index contributed by atoms with van der Waals surface area (Å²) >= 11 is 0. The number of hydrogen-bond donors (Lipinski definition) is 3. The van der Waals surface area contributed by atoms with E-state index < -0.39 is 97.5 Å². The molecule has 0 radical (unpaired) electrons. The predicted octanol–water partition coefficient (Wildman–Crippen LogP) is 21.9. The monoisotopic (exact) mass is 1440 g/mol. The predicted molar refractivity (Wildman–Crippen MR) is 408 cm³/mol. The lowest BCUT2D eigenvalue weighted by Gasteiger charge is -2.21. The minimum absolute atomic E-state index is 0.0682. The van der Waals surface area contributed by atoms with Gasteiger partial charge in [-0.25, -0.2) is 9.13 Å². The largest absolute Gasteiger partial charge is 0.472 e. The van der Waals surface area contributed by atoms with Crippen LogP contribution in [0.2, 0.25) is 0 Å². The summed E-state index contributed by atoms with van der Waals surface area (Å²) in [6.07, 6.45) is 81.2. The highest BCUT2D eigenvalue weighted by Crippen LogP contribution is 2.45. The van der Waals surface area contributed by atoms with Crippen molar-refractivity contribution in [1.29, 1.82) is 0 Å². The number of aliphatic hydroxyl groups excluding tert-OH is 1. The Kier molecular flexibility index (Phi) is 68.6. The average Bonchev–Trinajstić information content (AvgIpc) is 0.943. The molecule has 4 unspecified atom stereocenters. The van der Waals surface area contributed by atoms with Crippen LogP contribution in [0.25, 0.3) is 0 Å². The molecule has 0 aliphatic carbocycles. The smallest absolute Gasteiger partial charge is 0.462 e. The van der Waals surface area contributed by atoms with E-state index in [-0.39, 0.29) is 25.7 Å². The van der Waals surface area contributed by atoms with Crippen LogP contribution in [-0.4, -0.2) is 96.7 Å². The minimum Gasteiger partial charge on any atom is -0.462 e. The highest BCUT2D eigenvalue weighted by molar-refractivity contribution is 7.47. The summed E-state index contributed by atoms with van der Waals surface area (Å²) in [5.41, 5.74) is 0. The second kappa shape index (κ2) is 72.3. The third-order valence-corrected chi connectivity index (χ3v) is 17.1. The van der Waals surface area contributed by atoms with Crippen molar-refractivity contribution < 1.29 is 80.2 Å². The molecule has 0 aromatic carbocycles. The summed E-state index contributed by atoms with van der Waals surface area (Å²) in [6.45, 7) is 4.41. The number of phosphoric acid groups is 2. The number of rotatable bonds is 70. The third-order valence-electron chi connectivity index (χ3n) is 15.2. The maximum atomic E-state index is 13.1.